The summed E-state index contributed by atoms with van der Waals surface area (Å²) < 4.78 is 15.9. The van der Waals surface area contributed by atoms with Gasteiger partial charge in [0.25, 0.3) is 0 Å². The van der Waals surface area contributed by atoms with Gasteiger partial charge in [0, 0.05) is 18.7 Å². The number of carbonyl (C=O) groups excluding carboxylic acids is 1. The first kappa shape index (κ1) is 23.4. The maximum Gasteiger partial charge on any atom is 0.416 e. The van der Waals surface area contributed by atoms with E-state index in [0.717, 1.165) is 4.90 Å². The Bertz CT molecular complexity index is 925. The predicted octanol–water partition coefficient (Wildman–Crippen LogP) is 3.61. The second-order valence-corrected chi connectivity index (χ2v) is 6.64. The van der Waals surface area contributed by atoms with Gasteiger partial charge in [-0.15, -0.1) is 0 Å². The Morgan fingerprint density at radius 2 is 1.55 bits per heavy atom. The molecule has 3 N–H and O–H groups in total. The Morgan fingerprint density at radius 1 is 0.968 bits per heavy atom. The van der Waals surface area contributed by atoms with Crippen molar-refractivity contribution < 1.29 is 28.9 Å². The number of amides is 1. The largest absolute Gasteiger partial charge is 0.497 e. The highest BCUT2D eigenvalue weighted by atomic mass is 16.6. The molecule has 9 nitrogen and oxygen atoms in total. The van der Waals surface area contributed by atoms with Crippen LogP contribution < -0.4 is 14.2 Å². The first-order chi connectivity index (χ1) is 14.8. The van der Waals surface area contributed by atoms with Crippen LogP contribution >= 0.6 is 0 Å². The summed E-state index contributed by atoms with van der Waals surface area (Å²) in [5.41, 5.74) is 1.12. The zero-order chi connectivity index (χ0) is 22.8. The number of carboxylic acid groups (broad SMARTS) is 1. The Hall–Kier alpha value is -3.88. The zero-order valence-corrected chi connectivity index (χ0v) is 17.4. The molecule has 31 heavy (non-hydrogen) atoms. The van der Waals surface area contributed by atoms with Crippen LogP contribution in [0.1, 0.15) is 18.9 Å². The summed E-state index contributed by atoms with van der Waals surface area (Å²) in [5.74, 6) is 0.297. The van der Waals surface area contributed by atoms with E-state index in [1.807, 2.05) is 0 Å². The van der Waals surface area contributed by atoms with Gasteiger partial charge >= 0.3 is 12.1 Å². The zero-order valence-electron chi connectivity index (χ0n) is 17.4. The monoisotopic (exact) mass is 427 g/mol. The van der Waals surface area contributed by atoms with Crippen LogP contribution in [0.4, 0.5) is 4.79 Å². The molecular formula is C22H25N3O6. The number of carbonyl (C=O) groups is 2. The molecule has 0 aliphatic carbocycles. The van der Waals surface area contributed by atoms with Crippen LogP contribution in [0.15, 0.2) is 48.5 Å². The Labute approximate surface area is 180 Å². The molecule has 2 aromatic rings. The highest BCUT2D eigenvalue weighted by Gasteiger charge is 2.19. The fourth-order valence-electron chi connectivity index (χ4n) is 2.53. The Morgan fingerprint density at radius 3 is 2.10 bits per heavy atom. The maximum absolute atomic E-state index is 12.5. The van der Waals surface area contributed by atoms with E-state index in [9.17, 15) is 9.59 Å². The van der Waals surface area contributed by atoms with Gasteiger partial charge in [0.15, 0.2) is 0 Å². The molecule has 0 unspecified atom stereocenters. The topological polar surface area (TPSA) is 133 Å². The molecule has 0 aliphatic heterocycles. The number of rotatable bonds is 11. The SMILES string of the molecule is COc1ccc(OC(=O)N(CC(=O)O)Cc2ccc(OCCC(=N)C(C)=N)cc2)cc1. The van der Waals surface area contributed by atoms with Gasteiger partial charge in [-0.2, -0.15) is 0 Å². The minimum atomic E-state index is -1.16. The third-order valence-electron chi connectivity index (χ3n) is 4.22. The number of hydrogen-bond acceptors (Lipinski definition) is 7. The minimum Gasteiger partial charge on any atom is -0.497 e. The normalized spacial score (nSPS) is 10.1. The number of hydrogen-bond donors (Lipinski definition) is 3. The molecule has 0 bridgehead atoms. The average Bonchev–Trinajstić information content (AvgIpc) is 2.74. The van der Waals surface area contributed by atoms with Gasteiger partial charge < -0.3 is 30.1 Å². The maximum atomic E-state index is 12.5. The fraction of sp³-hybridized carbons (Fsp3) is 0.273. The van der Waals surface area contributed by atoms with Crippen LogP contribution in [0.2, 0.25) is 0 Å². The summed E-state index contributed by atoms with van der Waals surface area (Å²) in [6.07, 6.45) is -0.450. The van der Waals surface area contributed by atoms with Crippen molar-refractivity contribution >= 4 is 23.5 Å². The standard InChI is InChI=1S/C22H25N3O6/c1-15(23)20(24)11-12-30-18-5-3-16(4-6-18)13-25(14-21(26)27)22(28)31-19-9-7-17(29-2)8-10-19/h3-10,23-24H,11-14H2,1-2H3,(H,26,27). The lowest BCUT2D eigenvalue weighted by Crippen LogP contribution is -2.37. The van der Waals surface area contributed by atoms with Crippen LogP contribution in [0.3, 0.4) is 0 Å². The van der Waals surface area contributed by atoms with E-state index in [4.69, 9.17) is 30.1 Å². The molecule has 9 heteroatoms. The Kier molecular flexibility index (Phi) is 8.56. The van der Waals surface area contributed by atoms with Gasteiger partial charge in [-0.05, 0) is 48.9 Å². The van der Waals surface area contributed by atoms with Crippen LogP contribution in [0.25, 0.3) is 0 Å². The second-order valence-electron chi connectivity index (χ2n) is 6.64. The number of benzene rings is 2. The van der Waals surface area contributed by atoms with Gasteiger partial charge in [0.2, 0.25) is 0 Å². The predicted molar refractivity (Wildman–Crippen MR) is 115 cm³/mol. The van der Waals surface area contributed by atoms with Crippen molar-refractivity contribution in [2.75, 3.05) is 20.3 Å². The van der Waals surface area contributed by atoms with E-state index in [2.05, 4.69) is 0 Å². The van der Waals surface area contributed by atoms with E-state index >= 15 is 0 Å². The number of ether oxygens (including phenoxy) is 3. The summed E-state index contributed by atoms with van der Waals surface area (Å²) >= 11 is 0. The molecule has 0 spiro atoms. The summed E-state index contributed by atoms with van der Waals surface area (Å²) in [6, 6.07) is 13.2. The van der Waals surface area contributed by atoms with Crippen LogP contribution in [-0.4, -0.2) is 53.8 Å². The first-order valence-electron chi connectivity index (χ1n) is 9.45. The Balaban J connectivity index is 1.97. The number of nitrogens with one attached hydrogen (secondary N) is 2. The summed E-state index contributed by atoms with van der Waals surface area (Å²) in [4.78, 5) is 24.8. The molecule has 0 radical (unpaired) electrons. The molecule has 0 fully saturated rings. The van der Waals surface area contributed by atoms with E-state index in [1.165, 1.54) is 7.11 Å². The minimum absolute atomic E-state index is 0.0409. The van der Waals surface area contributed by atoms with Crippen LogP contribution in [-0.2, 0) is 11.3 Å². The number of methoxy groups -OCH3 is 1. The quantitative estimate of drug-likeness (QED) is 0.469. The lowest BCUT2D eigenvalue weighted by molar-refractivity contribution is -0.138. The third kappa shape index (κ3) is 7.81. The van der Waals surface area contributed by atoms with Crippen molar-refractivity contribution in [3.63, 3.8) is 0 Å². The fourth-order valence-corrected chi connectivity index (χ4v) is 2.53. The van der Waals surface area contributed by atoms with E-state index in [0.29, 0.717) is 23.5 Å². The lowest BCUT2D eigenvalue weighted by Gasteiger charge is -2.20. The second kappa shape index (κ2) is 11.3. The van der Waals surface area contributed by atoms with Gasteiger partial charge in [-0.3, -0.25) is 9.69 Å². The highest BCUT2D eigenvalue weighted by molar-refractivity contribution is 6.38. The van der Waals surface area contributed by atoms with Crippen molar-refractivity contribution in [1.29, 1.82) is 10.8 Å². The van der Waals surface area contributed by atoms with Crippen molar-refractivity contribution in [2.45, 2.75) is 19.9 Å². The van der Waals surface area contributed by atoms with Gasteiger partial charge in [-0.1, -0.05) is 12.1 Å². The molecule has 0 aliphatic rings. The number of nitrogens with zero attached hydrogens (tertiary/aromatic N) is 1. The van der Waals surface area contributed by atoms with E-state index < -0.39 is 18.6 Å². The summed E-state index contributed by atoms with van der Waals surface area (Å²) in [6.45, 7) is 1.35. The molecular weight excluding hydrogens is 402 g/mol. The molecule has 0 aromatic heterocycles. The molecule has 2 rings (SSSR count). The van der Waals surface area contributed by atoms with E-state index in [-0.39, 0.29) is 30.3 Å². The molecule has 164 valence electrons. The van der Waals surface area contributed by atoms with Crippen molar-refractivity contribution in [1.82, 2.24) is 4.90 Å². The summed E-state index contributed by atoms with van der Waals surface area (Å²) in [5, 5.41) is 24.1. The molecule has 0 saturated heterocycles. The smallest absolute Gasteiger partial charge is 0.416 e. The molecule has 0 heterocycles. The molecule has 0 saturated carbocycles. The van der Waals surface area contributed by atoms with Gasteiger partial charge in [0.1, 0.15) is 23.8 Å². The molecule has 0 atom stereocenters. The van der Waals surface area contributed by atoms with Crippen molar-refractivity contribution in [3.8, 4) is 17.2 Å². The lowest BCUT2D eigenvalue weighted by atomic mass is 10.2. The first-order valence-corrected chi connectivity index (χ1v) is 9.45. The van der Waals surface area contributed by atoms with Gasteiger partial charge in [-0.25, -0.2) is 4.79 Å². The highest BCUT2D eigenvalue weighted by Crippen LogP contribution is 2.19. The van der Waals surface area contributed by atoms with Crippen LogP contribution in [0, 0.1) is 10.8 Å². The van der Waals surface area contributed by atoms with E-state index in [1.54, 1.807) is 55.5 Å². The number of carboxylic acids is 1. The van der Waals surface area contributed by atoms with Gasteiger partial charge in [0.05, 0.1) is 19.4 Å². The van der Waals surface area contributed by atoms with Crippen molar-refractivity contribution in [2.24, 2.45) is 0 Å². The molecule has 1 amide bonds. The average molecular weight is 427 g/mol. The summed E-state index contributed by atoms with van der Waals surface area (Å²) in [7, 11) is 1.52. The molecule has 2 aromatic carbocycles. The third-order valence-corrected chi connectivity index (χ3v) is 4.22. The van der Waals surface area contributed by atoms with Crippen LogP contribution in [0.5, 0.6) is 17.2 Å². The van der Waals surface area contributed by atoms with Crippen molar-refractivity contribution in [3.05, 3.63) is 54.1 Å². The number of aliphatic carboxylic acids is 1.